The molecule has 3 nitrogen and oxygen atoms in total. The Bertz CT molecular complexity index is 257. The predicted molar refractivity (Wildman–Crippen MR) is 76.5 cm³/mol. The SMILES string of the molecule is CCCC1(C(=O)NCCC(C)(C)C)CCNCC1. The summed E-state index contributed by atoms with van der Waals surface area (Å²) in [5, 5.41) is 6.52. The van der Waals surface area contributed by atoms with Crippen molar-refractivity contribution < 1.29 is 4.79 Å². The van der Waals surface area contributed by atoms with E-state index in [9.17, 15) is 4.79 Å². The first-order valence-corrected chi connectivity index (χ1v) is 7.39. The average molecular weight is 254 g/mol. The van der Waals surface area contributed by atoms with Crippen LogP contribution in [0.1, 0.15) is 59.8 Å². The van der Waals surface area contributed by atoms with Gasteiger partial charge in [0.05, 0.1) is 5.41 Å². The molecule has 0 aliphatic carbocycles. The van der Waals surface area contributed by atoms with Crippen molar-refractivity contribution in [2.45, 2.75) is 59.8 Å². The Balaban J connectivity index is 2.49. The fourth-order valence-electron chi connectivity index (χ4n) is 2.71. The van der Waals surface area contributed by atoms with Crippen LogP contribution >= 0.6 is 0 Å². The summed E-state index contributed by atoms with van der Waals surface area (Å²) in [6.45, 7) is 11.6. The number of hydrogen-bond acceptors (Lipinski definition) is 2. The molecule has 0 saturated carbocycles. The maximum Gasteiger partial charge on any atom is 0.226 e. The van der Waals surface area contributed by atoms with Gasteiger partial charge in [0.2, 0.25) is 5.91 Å². The van der Waals surface area contributed by atoms with Gasteiger partial charge >= 0.3 is 0 Å². The van der Waals surface area contributed by atoms with E-state index < -0.39 is 0 Å². The molecule has 106 valence electrons. The third-order valence-corrected chi connectivity index (χ3v) is 3.93. The second kappa shape index (κ2) is 6.55. The minimum absolute atomic E-state index is 0.0993. The van der Waals surface area contributed by atoms with Crippen LogP contribution in [0.3, 0.4) is 0 Å². The topological polar surface area (TPSA) is 41.1 Å². The monoisotopic (exact) mass is 254 g/mol. The Morgan fingerprint density at radius 1 is 1.28 bits per heavy atom. The molecule has 1 fully saturated rings. The van der Waals surface area contributed by atoms with Gasteiger partial charge in [-0.05, 0) is 44.2 Å². The maximum atomic E-state index is 12.5. The van der Waals surface area contributed by atoms with Crippen molar-refractivity contribution in [2.75, 3.05) is 19.6 Å². The van der Waals surface area contributed by atoms with Crippen LogP contribution in [0.25, 0.3) is 0 Å². The van der Waals surface area contributed by atoms with Gasteiger partial charge in [-0.2, -0.15) is 0 Å². The first-order chi connectivity index (χ1) is 8.40. The van der Waals surface area contributed by atoms with Gasteiger partial charge in [0.25, 0.3) is 0 Å². The lowest BCUT2D eigenvalue weighted by molar-refractivity contribution is -0.133. The summed E-state index contributed by atoms with van der Waals surface area (Å²) in [5.41, 5.74) is 0.192. The molecule has 1 heterocycles. The highest BCUT2D eigenvalue weighted by atomic mass is 16.2. The molecule has 0 spiro atoms. The van der Waals surface area contributed by atoms with E-state index in [0.717, 1.165) is 51.7 Å². The van der Waals surface area contributed by atoms with Crippen LogP contribution in [0.15, 0.2) is 0 Å². The van der Waals surface area contributed by atoms with Crippen molar-refractivity contribution in [1.29, 1.82) is 0 Å². The van der Waals surface area contributed by atoms with Gasteiger partial charge in [0.1, 0.15) is 0 Å². The van der Waals surface area contributed by atoms with Gasteiger partial charge in [-0.15, -0.1) is 0 Å². The van der Waals surface area contributed by atoms with E-state index >= 15 is 0 Å². The minimum atomic E-state index is -0.0993. The third kappa shape index (κ3) is 4.60. The number of carbonyl (C=O) groups excluding carboxylic acids is 1. The lowest BCUT2D eigenvalue weighted by Crippen LogP contribution is -2.48. The minimum Gasteiger partial charge on any atom is -0.356 e. The van der Waals surface area contributed by atoms with E-state index in [-0.39, 0.29) is 11.3 Å². The summed E-state index contributed by atoms with van der Waals surface area (Å²) in [6.07, 6.45) is 5.13. The van der Waals surface area contributed by atoms with Crippen molar-refractivity contribution >= 4 is 5.91 Å². The molecular formula is C15H30N2O. The molecule has 18 heavy (non-hydrogen) atoms. The number of amides is 1. The zero-order valence-corrected chi connectivity index (χ0v) is 12.6. The highest BCUT2D eigenvalue weighted by molar-refractivity contribution is 5.82. The maximum absolute atomic E-state index is 12.5. The summed E-state index contributed by atoms with van der Waals surface area (Å²) in [7, 11) is 0. The van der Waals surface area contributed by atoms with Crippen molar-refractivity contribution in [3.63, 3.8) is 0 Å². The van der Waals surface area contributed by atoms with E-state index in [1.807, 2.05) is 0 Å². The van der Waals surface area contributed by atoms with Crippen molar-refractivity contribution in [3.8, 4) is 0 Å². The number of carbonyl (C=O) groups is 1. The van der Waals surface area contributed by atoms with Crippen LogP contribution in [0.2, 0.25) is 0 Å². The highest BCUT2D eigenvalue weighted by Crippen LogP contribution is 2.34. The molecule has 0 aromatic heterocycles. The highest BCUT2D eigenvalue weighted by Gasteiger charge is 2.38. The molecule has 1 rings (SSSR count). The predicted octanol–water partition coefficient (Wildman–Crippen LogP) is 2.71. The van der Waals surface area contributed by atoms with E-state index in [0.29, 0.717) is 5.41 Å². The van der Waals surface area contributed by atoms with Crippen molar-refractivity contribution in [2.24, 2.45) is 10.8 Å². The lowest BCUT2D eigenvalue weighted by Gasteiger charge is -2.36. The number of nitrogens with one attached hydrogen (secondary N) is 2. The molecule has 0 bridgehead atoms. The molecule has 0 aromatic rings. The molecule has 0 radical (unpaired) electrons. The molecule has 1 aliphatic heterocycles. The largest absolute Gasteiger partial charge is 0.356 e. The fraction of sp³-hybridized carbons (Fsp3) is 0.933. The van der Waals surface area contributed by atoms with Crippen LogP contribution < -0.4 is 10.6 Å². The van der Waals surface area contributed by atoms with E-state index in [1.54, 1.807) is 0 Å². The molecule has 0 atom stereocenters. The van der Waals surface area contributed by atoms with Gasteiger partial charge in [-0.3, -0.25) is 4.79 Å². The second-order valence-corrected chi connectivity index (χ2v) is 6.85. The molecular weight excluding hydrogens is 224 g/mol. The lowest BCUT2D eigenvalue weighted by atomic mass is 9.74. The van der Waals surface area contributed by atoms with E-state index in [1.165, 1.54) is 0 Å². The van der Waals surface area contributed by atoms with Crippen LogP contribution in [0, 0.1) is 10.8 Å². The molecule has 3 heteroatoms. The molecule has 0 aromatic carbocycles. The zero-order valence-electron chi connectivity index (χ0n) is 12.6. The van der Waals surface area contributed by atoms with Crippen LogP contribution in [-0.4, -0.2) is 25.5 Å². The first-order valence-electron chi connectivity index (χ1n) is 7.39. The molecule has 0 unspecified atom stereocenters. The summed E-state index contributed by atoms with van der Waals surface area (Å²) in [4.78, 5) is 12.5. The third-order valence-electron chi connectivity index (χ3n) is 3.93. The number of piperidine rings is 1. The summed E-state index contributed by atoms with van der Waals surface area (Å²) >= 11 is 0. The van der Waals surface area contributed by atoms with Crippen molar-refractivity contribution in [1.82, 2.24) is 10.6 Å². The van der Waals surface area contributed by atoms with Gasteiger partial charge < -0.3 is 10.6 Å². The first kappa shape index (κ1) is 15.5. The summed E-state index contributed by atoms with van der Waals surface area (Å²) in [6, 6.07) is 0. The molecule has 1 amide bonds. The smallest absolute Gasteiger partial charge is 0.226 e. The number of hydrogen-bond donors (Lipinski definition) is 2. The van der Waals surface area contributed by atoms with Crippen LogP contribution in [0.5, 0.6) is 0 Å². The Morgan fingerprint density at radius 2 is 1.89 bits per heavy atom. The molecule has 1 saturated heterocycles. The molecule has 1 aliphatic rings. The van der Waals surface area contributed by atoms with Gasteiger partial charge in [-0.25, -0.2) is 0 Å². The number of rotatable bonds is 5. The average Bonchev–Trinajstić information content (AvgIpc) is 2.29. The standard InChI is InChI=1S/C15H30N2O/c1-5-6-15(8-10-16-11-9-15)13(18)17-12-7-14(2,3)4/h16H,5-12H2,1-4H3,(H,17,18). The molecule has 2 N–H and O–H groups in total. The zero-order chi connectivity index (χ0) is 13.6. The quantitative estimate of drug-likeness (QED) is 0.792. The van der Waals surface area contributed by atoms with Crippen molar-refractivity contribution in [3.05, 3.63) is 0 Å². The van der Waals surface area contributed by atoms with E-state index in [4.69, 9.17) is 0 Å². The van der Waals surface area contributed by atoms with Gasteiger partial charge in [0.15, 0.2) is 0 Å². The summed E-state index contributed by atoms with van der Waals surface area (Å²) < 4.78 is 0. The van der Waals surface area contributed by atoms with Gasteiger partial charge in [-0.1, -0.05) is 34.1 Å². The van der Waals surface area contributed by atoms with E-state index in [2.05, 4.69) is 38.3 Å². The Labute approximate surface area is 112 Å². The Hall–Kier alpha value is -0.570. The Kier molecular flexibility index (Phi) is 5.64. The van der Waals surface area contributed by atoms with Crippen LogP contribution in [0.4, 0.5) is 0 Å². The normalized spacial score (nSPS) is 19.6. The Morgan fingerprint density at radius 3 is 2.39 bits per heavy atom. The van der Waals surface area contributed by atoms with Crippen LogP contribution in [-0.2, 0) is 4.79 Å². The fourth-order valence-corrected chi connectivity index (χ4v) is 2.71. The second-order valence-electron chi connectivity index (χ2n) is 6.85. The summed E-state index contributed by atoms with van der Waals surface area (Å²) in [5.74, 6) is 0.287. The van der Waals surface area contributed by atoms with Gasteiger partial charge in [0, 0.05) is 6.54 Å².